The Labute approximate surface area is 122 Å². The quantitative estimate of drug-likeness (QED) is 0.667. The molecule has 0 fully saturated rings. The summed E-state index contributed by atoms with van der Waals surface area (Å²) in [6, 6.07) is 15.5. The fourth-order valence-electron chi connectivity index (χ4n) is 2.20. The molecule has 3 rings (SSSR count). The van der Waals surface area contributed by atoms with Gasteiger partial charge in [-0.3, -0.25) is 4.79 Å². The van der Waals surface area contributed by atoms with E-state index in [1.54, 1.807) is 13.2 Å². The number of methoxy groups -OCH3 is 1. The lowest BCUT2D eigenvalue weighted by molar-refractivity contribution is -0.134. The van der Waals surface area contributed by atoms with E-state index in [1.807, 2.05) is 42.5 Å². The van der Waals surface area contributed by atoms with Crippen LogP contribution in [0.1, 0.15) is 6.92 Å². The van der Waals surface area contributed by atoms with Crippen LogP contribution < -0.4 is 4.74 Å². The van der Waals surface area contributed by atoms with Crippen molar-refractivity contribution < 1.29 is 19.7 Å². The number of aromatic hydroxyl groups is 1. The second-order valence-electron chi connectivity index (χ2n) is 4.55. The lowest BCUT2D eigenvalue weighted by Crippen LogP contribution is -1.83. The lowest BCUT2D eigenvalue weighted by Gasteiger charge is -2.07. The van der Waals surface area contributed by atoms with Crippen molar-refractivity contribution in [1.82, 2.24) is 0 Å². The number of benzene rings is 3. The maximum absolute atomic E-state index is 9.96. The van der Waals surface area contributed by atoms with E-state index in [-0.39, 0.29) is 0 Å². The predicted octanol–water partition coefficient (Wildman–Crippen LogP) is 3.80. The average molecular weight is 284 g/mol. The zero-order valence-electron chi connectivity index (χ0n) is 11.8. The van der Waals surface area contributed by atoms with Gasteiger partial charge in [-0.2, -0.15) is 0 Å². The Morgan fingerprint density at radius 2 is 1.71 bits per heavy atom. The smallest absolute Gasteiger partial charge is 0.300 e. The van der Waals surface area contributed by atoms with Crippen molar-refractivity contribution in [2.75, 3.05) is 7.11 Å². The molecule has 0 unspecified atom stereocenters. The molecule has 0 saturated carbocycles. The monoisotopic (exact) mass is 284 g/mol. The Hall–Kier alpha value is -2.75. The van der Waals surface area contributed by atoms with Gasteiger partial charge in [0.15, 0.2) is 0 Å². The number of rotatable bonds is 1. The third-order valence-electron chi connectivity index (χ3n) is 3.05. The van der Waals surface area contributed by atoms with Crippen LogP contribution in [0.25, 0.3) is 21.5 Å². The number of fused-ring (bicyclic) bond motifs is 3. The van der Waals surface area contributed by atoms with Gasteiger partial charge in [-0.1, -0.05) is 24.3 Å². The van der Waals surface area contributed by atoms with Crippen molar-refractivity contribution in [3.8, 4) is 11.5 Å². The molecule has 0 aliphatic carbocycles. The van der Waals surface area contributed by atoms with Gasteiger partial charge in [-0.25, -0.2) is 0 Å². The summed E-state index contributed by atoms with van der Waals surface area (Å²) in [5, 5.41) is 21.4. The molecule has 0 spiro atoms. The van der Waals surface area contributed by atoms with Gasteiger partial charge < -0.3 is 14.9 Å². The Kier molecular flexibility index (Phi) is 4.28. The van der Waals surface area contributed by atoms with Crippen molar-refractivity contribution in [3.05, 3.63) is 48.5 Å². The molecule has 21 heavy (non-hydrogen) atoms. The first-order valence-corrected chi connectivity index (χ1v) is 6.41. The van der Waals surface area contributed by atoms with Gasteiger partial charge in [0.05, 0.1) is 7.11 Å². The van der Waals surface area contributed by atoms with Crippen LogP contribution in [-0.2, 0) is 4.79 Å². The molecule has 3 aromatic rings. The number of phenolic OH excluding ortho intramolecular Hbond substituents is 1. The Balaban J connectivity index is 0.000000361. The Bertz CT molecular complexity index is 789. The first-order valence-electron chi connectivity index (χ1n) is 6.41. The maximum atomic E-state index is 9.96. The molecule has 108 valence electrons. The van der Waals surface area contributed by atoms with E-state index in [2.05, 4.69) is 0 Å². The number of carboxylic acid groups (broad SMARTS) is 1. The lowest BCUT2D eigenvalue weighted by atomic mass is 10.0. The van der Waals surface area contributed by atoms with Gasteiger partial charge in [0, 0.05) is 12.3 Å². The van der Waals surface area contributed by atoms with Gasteiger partial charge in [-0.05, 0) is 40.4 Å². The molecule has 0 heterocycles. The molecule has 0 saturated heterocycles. The largest absolute Gasteiger partial charge is 0.507 e. The van der Waals surface area contributed by atoms with Crippen molar-refractivity contribution in [2.45, 2.75) is 6.92 Å². The summed E-state index contributed by atoms with van der Waals surface area (Å²) in [5.41, 5.74) is 0. The third kappa shape index (κ3) is 3.23. The SMILES string of the molecule is CC(=O)O.COc1ccc2c(ccc3cccc(O)c32)c1. The first kappa shape index (κ1) is 14.7. The molecule has 0 aliphatic heterocycles. The molecule has 0 amide bonds. The summed E-state index contributed by atoms with van der Waals surface area (Å²) in [5.74, 6) is 0.311. The third-order valence-corrected chi connectivity index (χ3v) is 3.05. The second kappa shape index (κ2) is 6.13. The molecule has 3 aromatic carbocycles. The number of hydrogen-bond donors (Lipinski definition) is 2. The predicted molar refractivity (Wildman–Crippen MR) is 83.0 cm³/mol. The van der Waals surface area contributed by atoms with E-state index < -0.39 is 5.97 Å². The molecule has 4 nitrogen and oxygen atoms in total. The highest BCUT2D eigenvalue weighted by Crippen LogP contribution is 2.33. The molecule has 0 atom stereocenters. The molecule has 0 aliphatic rings. The summed E-state index contributed by atoms with van der Waals surface area (Å²) in [6.45, 7) is 1.08. The fraction of sp³-hybridized carbons (Fsp3) is 0.118. The highest BCUT2D eigenvalue weighted by atomic mass is 16.5. The van der Waals surface area contributed by atoms with Gasteiger partial charge in [0.1, 0.15) is 11.5 Å². The normalized spacial score (nSPS) is 10.0. The van der Waals surface area contributed by atoms with Crippen molar-refractivity contribution >= 4 is 27.5 Å². The number of hydrogen-bond acceptors (Lipinski definition) is 3. The van der Waals surface area contributed by atoms with Crippen LogP contribution in [0.2, 0.25) is 0 Å². The topological polar surface area (TPSA) is 66.8 Å². The van der Waals surface area contributed by atoms with E-state index in [4.69, 9.17) is 14.6 Å². The molecule has 0 aromatic heterocycles. The molecule has 4 heteroatoms. The van der Waals surface area contributed by atoms with Crippen LogP contribution in [0.15, 0.2) is 48.5 Å². The van der Waals surface area contributed by atoms with Crippen LogP contribution in [-0.4, -0.2) is 23.3 Å². The van der Waals surface area contributed by atoms with E-state index >= 15 is 0 Å². The first-order chi connectivity index (χ1) is 10.0. The fourth-order valence-corrected chi connectivity index (χ4v) is 2.20. The molecular formula is C17H16O4. The van der Waals surface area contributed by atoms with Gasteiger partial charge in [-0.15, -0.1) is 0 Å². The van der Waals surface area contributed by atoms with Gasteiger partial charge in [0.2, 0.25) is 0 Å². The minimum Gasteiger partial charge on any atom is -0.507 e. The minimum atomic E-state index is -0.833. The number of carbonyl (C=O) groups is 1. The molecular weight excluding hydrogens is 268 g/mol. The van der Waals surface area contributed by atoms with Crippen LogP contribution in [0.3, 0.4) is 0 Å². The van der Waals surface area contributed by atoms with Crippen molar-refractivity contribution in [3.63, 3.8) is 0 Å². The van der Waals surface area contributed by atoms with E-state index in [1.165, 1.54) is 0 Å². The van der Waals surface area contributed by atoms with Crippen molar-refractivity contribution in [2.24, 2.45) is 0 Å². The second-order valence-corrected chi connectivity index (χ2v) is 4.55. The average Bonchev–Trinajstić information content (AvgIpc) is 2.46. The molecule has 2 N–H and O–H groups in total. The Morgan fingerprint density at radius 1 is 1.05 bits per heavy atom. The highest BCUT2D eigenvalue weighted by Gasteiger charge is 2.05. The van der Waals surface area contributed by atoms with Crippen LogP contribution in [0.5, 0.6) is 11.5 Å². The summed E-state index contributed by atoms with van der Waals surface area (Å²) in [6.07, 6.45) is 0. The Morgan fingerprint density at radius 3 is 2.38 bits per heavy atom. The molecule has 0 bridgehead atoms. The van der Waals surface area contributed by atoms with Crippen LogP contribution in [0, 0.1) is 0 Å². The minimum absolute atomic E-state index is 0.318. The summed E-state index contributed by atoms with van der Waals surface area (Å²) in [4.78, 5) is 9.00. The number of carboxylic acids is 1. The summed E-state index contributed by atoms with van der Waals surface area (Å²) >= 11 is 0. The van der Waals surface area contributed by atoms with Gasteiger partial charge >= 0.3 is 0 Å². The maximum Gasteiger partial charge on any atom is 0.300 e. The highest BCUT2D eigenvalue weighted by molar-refractivity contribution is 6.10. The van der Waals surface area contributed by atoms with Crippen LogP contribution >= 0.6 is 0 Å². The zero-order valence-corrected chi connectivity index (χ0v) is 11.8. The standard InChI is InChI=1S/C15H12O2.C2H4O2/c1-17-12-7-8-13-11(9-12)6-5-10-3-2-4-14(16)15(10)13;1-2(3)4/h2-9,16H,1H3;1H3,(H,3,4). The zero-order chi connectivity index (χ0) is 15.4. The molecule has 0 radical (unpaired) electrons. The summed E-state index contributed by atoms with van der Waals surface area (Å²) in [7, 11) is 1.65. The van der Waals surface area contributed by atoms with Crippen LogP contribution in [0.4, 0.5) is 0 Å². The van der Waals surface area contributed by atoms with E-state index in [9.17, 15) is 5.11 Å². The number of aliphatic carboxylic acids is 1. The van der Waals surface area contributed by atoms with E-state index in [0.717, 1.165) is 34.2 Å². The van der Waals surface area contributed by atoms with E-state index in [0.29, 0.717) is 5.75 Å². The summed E-state index contributed by atoms with van der Waals surface area (Å²) < 4.78 is 5.20. The number of phenols is 1. The number of ether oxygens (including phenoxy) is 1. The van der Waals surface area contributed by atoms with Crippen molar-refractivity contribution in [1.29, 1.82) is 0 Å². The van der Waals surface area contributed by atoms with Gasteiger partial charge in [0.25, 0.3) is 5.97 Å².